The fraction of sp³-hybridized carbons (Fsp3) is 0.200. The van der Waals surface area contributed by atoms with E-state index < -0.39 is 0 Å². The predicted molar refractivity (Wildman–Crippen MR) is 81.3 cm³/mol. The Morgan fingerprint density at radius 1 is 1.11 bits per heavy atom. The molecule has 0 aliphatic carbocycles. The molecule has 2 rings (SSSR count). The lowest BCUT2D eigenvalue weighted by Crippen LogP contribution is -2.03. The lowest BCUT2D eigenvalue weighted by Gasteiger charge is -2.14. The van der Waals surface area contributed by atoms with E-state index in [-0.39, 0.29) is 0 Å². The molecular formula is C15H17ClN2O. The number of hydrogen-bond acceptors (Lipinski definition) is 3. The van der Waals surface area contributed by atoms with Crippen molar-refractivity contribution in [3.8, 4) is 11.1 Å². The van der Waals surface area contributed by atoms with E-state index >= 15 is 0 Å². The van der Waals surface area contributed by atoms with Crippen molar-refractivity contribution < 1.29 is 4.74 Å². The molecule has 0 bridgehead atoms. The number of halogens is 1. The minimum atomic E-state index is 0.620. The average molecular weight is 277 g/mol. The van der Waals surface area contributed by atoms with Gasteiger partial charge in [-0.05, 0) is 47.4 Å². The van der Waals surface area contributed by atoms with Gasteiger partial charge in [0.2, 0.25) is 0 Å². The summed E-state index contributed by atoms with van der Waals surface area (Å²) < 4.78 is 5.13. The summed E-state index contributed by atoms with van der Waals surface area (Å²) in [4.78, 5) is 0. The van der Waals surface area contributed by atoms with Gasteiger partial charge in [0.15, 0.2) is 0 Å². The van der Waals surface area contributed by atoms with E-state index in [0.29, 0.717) is 23.0 Å². The summed E-state index contributed by atoms with van der Waals surface area (Å²) >= 11 is 5.92. The number of hydrogen-bond donors (Lipinski definition) is 2. The standard InChI is InChI=1S/C15H17ClN2O/c1-19-7-6-13-14(8-12(17)9-15(13)18)10-2-4-11(16)5-3-10/h2-5,8-9H,6-7,17-18H2,1H3. The summed E-state index contributed by atoms with van der Waals surface area (Å²) in [6.45, 7) is 0.620. The molecule has 0 radical (unpaired) electrons. The van der Waals surface area contributed by atoms with Gasteiger partial charge in [0.1, 0.15) is 0 Å². The fourth-order valence-electron chi connectivity index (χ4n) is 2.09. The number of nitrogens with two attached hydrogens (primary N) is 2. The normalized spacial score (nSPS) is 10.6. The summed E-state index contributed by atoms with van der Waals surface area (Å²) in [5.41, 5.74) is 16.4. The molecule has 0 fully saturated rings. The van der Waals surface area contributed by atoms with E-state index in [0.717, 1.165) is 23.1 Å². The lowest BCUT2D eigenvalue weighted by molar-refractivity contribution is 0.202. The monoisotopic (exact) mass is 276 g/mol. The molecule has 0 atom stereocenters. The van der Waals surface area contributed by atoms with Crippen LogP contribution in [0.1, 0.15) is 5.56 Å². The van der Waals surface area contributed by atoms with E-state index in [9.17, 15) is 0 Å². The number of nitrogen functional groups attached to an aromatic ring is 2. The molecule has 2 aromatic carbocycles. The third-order valence-corrected chi connectivity index (χ3v) is 3.27. The zero-order valence-electron chi connectivity index (χ0n) is 10.8. The van der Waals surface area contributed by atoms with Crippen molar-refractivity contribution in [1.82, 2.24) is 0 Å². The number of rotatable bonds is 4. The Bertz CT molecular complexity index is 567. The molecule has 2 aromatic rings. The molecule has 0 heterocycles. The number of ether oxygens (including phenoxy) is 1. The van der Waals surface area contributed by atoms with Crippen LogP contribution in [0, 0.1) is 0 Å². The molecular weight excluding hydrogens is 260 g/mol. The first kappa shape index (κ1) is 13.7. The highest BCUT2D eigenvalue weighted by Crippen LogP contribution is 2.31. The average Bonchev–Trinajstić information content (AvgIpc) is 2.38. The van der Waals surface area contributed by atoms with Gasteiger partial charge < -0.3 is 16.2 Å². The molecule has 100 valence electrons. The Balaban J connectivity index is 2.50. The summed E-state index contributed by atoms with van der Waals surface area (Å²) in [7, 11) is 1.68. The second-order valence-corrected chi connectivity index (χ2v) is 4.82. The Hall–Kier alpha value is -1.71. The van der Waals surface area contributed by atoms with Crippen LogP contribution in [-0.4, -0.2) is 13.7 Å². The molecule has 0 aromatic heterocycles. The molecule has 0 unspecified atom stereocenters. The fourth-order valence-corrected chi connectivity index (χ4v) is 2.21. The molecule has 0 spiro atoms. The van der Waals surface area contributed by atoms with Crippen molar-refractivity contribution in [2.75, 3.05) is 25.2 Å². The number of methoxy groups -OCH3 is 1. The Labute approximate surface area is 118 Å². The maximum absolute atomic E-state index is 6.07. The topological polar surface area (TPSA) is 61.3 Å². The van der Waals surface area contributed by atoms with Crippen molar-refractivity contribution in [3.05, 3.63) is 47.0 Å². The van der Waals surface area contributed by atoms with Crippen molar-refractivity contribution in [2.45, 2.75) is 6.42 Å². The zero-order chi connectivity index (χ0) is 13.8. The van der Waals surface area contributed by atoms with Gasteiger partial charge in [0.25, 0.3) is 0 Å². The molecule has 0 saturated heterocycles. The van der Waals surface area contributed by atoms with Gasteiger partial charge in [-0.15, -0.1) is 0 Å². The van der Waals surface area contributed by atoms with Crippen LogP contribution in [0.4, 0.5) is 11.4 Å². The molecule has 0 aliphatic heterocycles. The maximum Gasteiger partial charge on any atom is 0.0503 e. The molecule has 3 nitrogen and oxygen atoms in total. The van der Waals surface area contributed by atoms with Gasteiger partial charge in [0.05, 0.1) is 6.61 Å². The van der Waals surface area contributed by atoms with Crippen LogP contribution >= 0.6 is 11.6 Å². The first-order chi connectivity index (χ1) is 9.11. The van der Waals surface area contributed by atoms with E-state index in [4.69, 9.17) is 27.8 Å². The molecule has 4 heteroatoms. The first-order valence-electron chi connectivity index (χ1n) is 6.04. The largest absolute Gasteiger partial charge is 0.399 e. The second kappa shape index (κ2) is 5.95. The minimum Gasteiger partial charge on any atom is -0.399 e. The Morgan fingerprint density at radius 2 is 1.79 bits per heavy atom. The van der Waals surface area contributed by atoms with E-state index in [1.165, 1.54) is 0 Å². The van der Waals surface area contributed by atoms with E-state index in [1.807, 2.05) is 30.3 Å². The quantitative estimate of drug-likeness (QED) is 0.842. The summed E-state index contributed by atoms with van der Waals surface area (Å²) in [5, 5.41) is 0.707. The van der Waals surface area contributed by atoms with Gasteiger partial charge >= 0.3 is 0 Å². The highest BCUT2D eigenvalue weighted by atomic mass is 35.5. The molecule has 0 saturated carbocycles. The van der Waals surface area contributed by atoms with Crippen LogP contribution in [0.15, 0.2) is 36.4 Å². The molecule has 4 N–H and O–H groups in total. The lowest BCUT2D eigenvalue weighted by atomic mass is 9.95. The van der Waals surface area contributed by atoms with Crippen LogP contribution in [0.3, 0.4) is 0 Å². The summed E-state index contributed by atoms with van der Waals surface area (Å²) in [5.74, 6) is 0. The van der Waals surface area contributed by atoms with Crippen LogP contribution < -0.4 is 11.5 Å². The molecule has 0 amide bonds. The van der Waals surface area contributed by atoms with Crippen molar-refractivity contribution >= 4 is 23.0 Å². The van der Waals surface area contributed by atoms with Gasteiger partial charge in [-0.2, -0.15) is 0 Å². The third kappa shape index (κ3) is 3.19. The van der Waals surface area contributed by atoms with E-state index in [1.54, 1.807) is 13.2 Å². The van der Waals surface area contributed by atoms with E-state index in [2.05, 4.69) is 0 Å². The van der Waals surface area contributed by atoms with Crippen LogP contribution in [0.25, 0.3) is 11.1 Å². The number of anilines is 2. The molecule has 0 aliphatic rings. The van der Waals surface area contributed by atoms with Gasteiger partial charge in [-0.3, -0.25) is 0 Å². The summed E-state index contributed by atoms with van der Waals surface area (Å²) in [6.07, 6.45) is 0.751. The summed E-state index contributed by atoms with van der Waals surface area (Å²) in [6, 6.07) is 11.4. The number of benzene rings is 2. The molecule has 19 heavy (non-hydrogen) atoms. The SMILES string of the molecule is COCCc1c(N)cc(N)cc1-c1ccc(Cl)cc1. The minimum absolute atomic E-state index is 0.620. The van der Waals surface area contributed by atoms with Gasteiger partial charge in [-0.25, -0.2) is 0 Å². The second-order valence-electron chi connectivity index (χ2n) is 4.39. The van der Waals surface area contributed by atoms with Gasteiger partial charge in [-0.1, -0.05) is 23.7 Å². The van der Waals surface area contributed by atoms with Crippen molar-refractivity contribution in [1.29, 1.82) is 0 Å². The van der Waals surface area contributed by atoms with Crippen molar-refractivity contribution in [2.24, 2.45) is 0 Å². The smallest absolute Gasteiger partial charge is 0.0503 e. The Kier molecular flexibility index (Phi) is 4.30. The highest BCUT2D eigenvalue weighted by Gasteiger charge is 2.10. The predicted octanol–water partition coefficient (Wildman–Crippen LogP) is 3.36. The van der Waals surface area contributed by atoms with Crippen LogP contribution in [-0.2, 0) is 11.2 Å². The highest BCUT2D eigenvalue weighted by molar-refractivity contribution is 6.30. The third-order valence-electron chi connectivity index (χ3n) is 3.02. The Morgan fingerprint density at radius 3 is 2.42 bits per heavy atom. The van der Waals surface area contributed by atoms with Crippen molar-refractivity contribution in [3.63, 3.8) is 0 Å². The zero-order valence-corrected chi connectivity index (χ0v) is 11.6. The maximum atomic E-state index is 6.07. The van der Waals surface area contributed by atoms with Crippen LogP contribution in [0.2, 0.25) is 5.02 Å². The van der Waals surface area contributed by atoms with Gasteiger partial charge in [0, 0.05) is 23.5 Å². The van der Waals surface area contributed by atoms with Crippen LogP contribution in [0.5, 0.6) is 0 Å². The first-order valence-corrected chi connectivity index (χ1v) is 6.42.